The van der Waals surface area contributed by atoms with E-state index in [1.54, 1.807) is 0 Å². The quantitative estimate of drug-likeness (QED) is 0.644. The van der Waals surface area contributed by atoms with E-state index in [-0.39, 0.29) is 9.93 Å². The van der Waals surface area contributed by atoms with Crippen LogP contribution in [0.4, 0.5) is 13.2 Å². The monoisotopic (exact) mass is 332 g/mol. The highest BCUT2D eigenvalue weighted by Gasteiger charge is 2.22. The van der Waals surface area contributed by atoms with E-state index in [1.807, 2.05) is 16.9 Å². The van der Waals surface area contributed by atoms with Gasteiger partial charge in [-0.25, -0.2) is 0 Å². The standard InChI is InChI=1S/C14H16NS2.CHF3/c1-12-7-9-13(10-8-12)16-17(11-15)14-5-3-2-4-6-14;2-1(3)4/h2-10H,11,15H2,1H3;1H/q+1;. The van der Waals surface area contributed by atoms with Crippen LogP contribution >= 0.6 is 10.8 Å². The van der Waals surface area contributed by atoms with Gasteiger partial charge in [0.25, 0.3) is 0 Å². The lowest BCUT2D eigenvalue weighted by Gasteiger charge is -2.03. The fourth-order valence-electron chi connectivity index (χ4n) is 1.46. The maximum absolute atomic E-state index is 9.67. The molecule has 2 aromatic rings. The normalized spacial score (nSPS) is 11.7. The second-order valence-electron chi connectivity index (χ2n) is 3.97. The van der Waals surface area contributed by atoms with E-state index in [9.17, 15) is 13.2 Å². The van der Waals surface area contributed by atoms with Crippen molar-refractivity contribution in [3.05, 3.63) is 60.2 Å². The third-order valence-corrected chi connectivity index (χ3v) is 6.31. The molecule has 1 nitrogen and oxygen atoms in total. The number of hydrogen-bond donors (Lipinski definition) is 1. The smallest absolute Gasteiger partial charge is 0.288 e. The molecule has 0 aromatic heterocycles. The van der Waals surface area contributed by atoms with E-state index in [4.69, 9.17) is 5.73 Å². The van der Waals surface area contributed by atoms with Crippen LogP contribution in [-0.4, -0.2) is 12.6 Å². The molecule has 0 radical (unpaired) electrons. The molecule has 0 spiro atoms. The summed E-state index contributed by atoms with van der Waals surface area (Å²) in [6, 6.07) is 19.1. The van der Waals surface area contributed by atoms with E-state index in [1.165, 1.54) is 15.4 Å². The Bertz CT molecular complexity index is 503. The van der Waals surface area contributed by atoms with E-state index in [2.05, 4.69) is 55.5 Å². The van der Waals surface area contributed by atoms with Crippen LogP contribution in [0.3, 0.4) is 0 Å². The molecule has 21 heavy (non-hydrogen) atoms. The third kappa shape index (κ3) is 7.45. The Hall–Kier alpha value is -1.11. The Kier molecular flexibility index (Phi) is 8.34. The molecule has 0 heterocycles. The van der Waals surface area contributed by atoms with Crippen molar-refractivity contribution in [1.29, 1.82) is 0 Å². The Morgan fingerprint density at radius 1 is 1.00 bits per heavy atom. The predicted octanol–water partition coefficient (Wildman–Crippen LogP) is 4.77. The zero-order valence-corrected chi connectivity index (χ0v) is 13.1. The highest BCUT2D eigenvalue weighted by atomic mass is 33.1. The zero-order chi connectivity index (χ0) is 15.7. The molecule has 0 aliphatic carbocycles. The zero-order valence-electron chi connectivity index (χ0n) is 11.5. The minimum Gasteiger partial charge on any atom is -0.288 e. The lowest BCUT2D eigenvalue weighted by atomic mass is 10.2. The summed E-state index contributed by atoms with van der Waals surface area (Å²) in [4.78, 5) is 2.61. The number of nitrogens with two attached hydrogens (primary N) is 1. The van der Waals surface area contributed by atoms with Crippen LogP contribution in [-0.2, 0) is 9.93 Å². The molecule has 2 aromatic carbocycles. The van der Waals surface area contributed by atoms with Gasteiger partial charge in [0.2, 0.25) is 0 Å². The number of halogens is 3. The van der Waals surface area contributed by atoms with Gasteiger partial charge in [0.1, 0.15) is 20.7 Å². The minimum absolute atomic E-state index is 0.0420. The lowest BCUT2D eigenvalue weighted by Crippen LogP contribution is -2.11. The van der Waals surface area contributed by atoms with Gasteiger partial charge in [-0.3, -0.25) is 5.73 Å². The second kappa shape index (κ2) is 9.76. The van der Waals surface area contributed by atoms with Gasteiger partial charge in [-0.05, 0) is 31.2 Å². The van der Waals surface area contributed by atoms with Gasteiger partial charge in [-0.1, -0.05) is 35.9 Å². The van der Waals surface area contributed by atoms with Crippen LogP contribution in [0.25, 0.3) is 0 Å². The summed E-state index contributed by atoms with van der Waals surface area (Å²) < 4.78 is 29.0. The van der Waals surface area contributed by atoms with Crippen molar-refractivity contribution < 1.29 is 13.2 Å². The van der Waals surface area contributed by atoms with Crippen LogP contribution < -0.4 is 5.73 Å². The molecule has 0 aliphatic rings. The fourth-order valence-corrected chi connectivity index (χ4v) is 4.61. The number of aryl methyl sites for hydroxylation is 1. The third-order valence-electron chi connectivity index (χ3n) is 2.38. The summed E-state index contributed by atoms with van der Waals surface area (Å²) in [6.07, 6.45) is 0. The summed E-state index contributed by atoms with van der Waals surface area (Å²) in [5.74, 6) is 0.683. The van der Waals surface area contributed by atoms with Crippen molar-refractivity contribution in [3.63, 3.8) is 0 Å². The van der Waals surface area contributed by atoms with E-state index < -0.39 is 6.68 Å². The molecule has 0 bridgehead atoms. The molecule has 0 saturated carbocycles. The first-order chi connectivity index (χ1) is 10.0. The average Bonchev–Trinajstić information content (AvgIpc) is 2.47. The Balaban J connectivity index is 0.000000491. The number of alkyl halides is 3. The van der Waals surface area contributed by atoms with Crippen LogP contribution in [0, 0.1) is 6.92 Å². The summed E-state index contributed by atoms with van der Waals surface area (Å²) in [5.41, 5.74) is 7.17. The van der Waals surface area contributed by atoms with Crippen molar-refractivity contribution in [2.75, 3.05) is 5.88 Å². The largest absolute Gasteiger partial charge is 0.379 e. The maximum atomic E-state index is 9.67. The van der Waals surface area contributed by atoms with Crippen molar-refractivity contribution in [1.82, 2.24) is 0 Å². The van der Waals surface area contributed by atoms with Crippen molar-refractivity contribution in [2.45, 2.75) is 23.4 Å². The topological polar surface area (TPSA) is 26.0 Å². The first kappa shape index (κ1) is 17.9. The van der Waals surface area contributed by atoms with Crippen LogP contribution in [0.2, 0.25) is 0 Å². The molecule has 0 amide bonds. The van der Waals surface area contributed by atoms with Gasteiger partial charge >= 0.3 is 6.68 Å². The van der Waals surface area contributed by atoms with Crippen LogP contribution in [0.15, 0.2) is 64.4 Å². The molecule has 0 fully saturated rings. The highest BCUT2D eigenvalue weighted by molar-refractivity contribution is 8.74. The summed E-state index contributed by atoms with van der Waals surface area (Å²) in [7, 11) is 1.90. The molecule has 2 N–H and O–H groups in total. The van der Waals surface area contributed by atoms with E-state index in [0.29, 0.717) is 5.88 Å². The minimum atomic E-state index is -3.67. The van der Waals surface area contributed by atoms with Crippen LogP contribution in [0.5, 0.6) is 0 Å². The molecule has 0 aliphatic heterocycles. The summed E-state index contributed by atoms with van der Waals surface area (Å²) in [6.45, 7) is -1.56. The van der Waals surface area contributed by atoms with Gasteiger partial charge in [0.05, 0.1) is 4.90 Å². The van der Waals surface area contributed by atoms with Gasteiger partial charge in [0.15, 0.2) is 10.8 Å². The molecule has 114 valence electrons. The molecule has 1 unspecified atom stereocenters. The number of hydrogen-bond acceptors (Lipinski definition) is 2. The van der Waals surface area contributed by atoms with Gasteiger partial charge in [-0.2, -0.15) is 13.2 Å². The predicted molar refractivity (Wildman–Crippen MR) is 85.3 cm³/mol. The Morgan fingerprint density at radius 2 is 1.52 bits per heavy atom. The molecule has 0 saturated heterocycles. The van der Waals surface area contributed by atoms with Gasteiger partial charge in [-0.15, -0.1) is 0 Å². The maximum Gasteiger partial charge on any atom is 0.379 e. The van der Waals surface area contributed by atoms with Crippen molar-refractivity contribution in [3.8, 4) is 0 Å². The number of rotatable bonds is 4. The first-order valence-electron chi connectivity index (χ1n) is 6.16. The molecular weight excluding hydrogens is 315 g/mol. The first-order valence-corrected chi connectivity index (χ1v) is 8.89. The molecule has 1 atom stereocenters. The highest BCUT2D eigenvalue weighted by Crippen LogP contribution is 2.32. The molecular formula is C15H17F3NS2+. The van der Waals surface area contributed by atoms with Crippen molar-refractivity contribution >= 4 is 20.7 Å². The summed E-state index contributed by atoms with van der Waals surface area (Å²) >= 11 is 0. The van der Waals surface area contributed by atoms with Crippen molar-refractivity contribution in [2.24, 2.45) is 5.73 Å². The Morgan fingerprint density at radius 3 is 2.00 bits per heavy atom. The lowest BCUT2D eigenvalue weighted by molar-refractivity contribution is 0.00819. The SMILES string of the molecule is Cc1ccc(S[S+](CN)c2ccccc2)cc1.FC(F)F. The molecule has 6 heteroatoms. The van der Waals surface area contributed by atoms with Gasteiger partial charge < -0.3 is 0 Å². The van der Waals surface area contributed by atoms with Crippen LogP contribution in [0.1, 0.15) is 5.56 Å². The molecule has 2 rings (SSSR count). The van der Waals surface area contributed by atoms with E-state index in [0.717, 1.165) is 0 Å². The second-order valence-corrected chi connectivity index (χ2v) is 7.81. The Labute approximate surface area is 129 Å². The fraction of sp³-hybridized carbons (Fsp3) is 0.200. The number of benzene rings is 2. The average molecular weight is 332 g/mol. The summed E-state index contributed by atoms with van der Waals surface area (Å²) in [5, 5.41) is 0. The van der Waals surface area contributed by atoms with Gasteiger partial charge in [0, 0.05) is 0 Å². The van der Waals surface area contributed by atoms with E-state index >= 15 is 0 Å².